The smallest absolute Gasteiger partial charge is 0.134 e. The van der Waals surface area contributed by atoms with Crippen molar-refractivity contribution in [2.45, 2.75) is 19.3 Å². The Morgan fingerprint density at radius 3 is 2.94 bits per heavy atom. The van der Waals surface area contributed by atoms with E-state index >= 15 is 0 Å². The van der Waals surface area contributed by atoms with E-state index in [2.05, 4.69) is 45.8 Å². The van der Waals surface area contributed by atoms with Gasteiger partial charge in [0.2, 0.25) is 0 Å². The normalized spacial score (nSPS) is 14.0. The Morgan fingerprint density at radius 2 is 2.22 bits per heavy atom. The molecular formula is C13H9IN2S2. The number of aliphatic imine (C=N–C) groups is 1. The topological polar surface area (TPSA) is 36.1 Å². The summed E-state index contributed by atoms with van der Waals surface area (Å²) in [6.07, 6.45) is 5.21. The first-order valence-corrected chi connectivity index (χ1v) is 8.33. The van der Waals surface area contributed by atoms with Gasteiger partial charge in [0.05, 0.1) is 8.45 Å². The molecule has 2 aromatic rings. The standard InChI is InChI=1S/C13H9IN2S2/c14-12-5-4-8(17-12)7-16-13-10(6-15)9-2-1-3-11(9)18-13/h4-5,7H,1-3H2/b16-7+. The third-order valence-corrected chi connectivity index (χ3v) is 5.95. The van der Waals surface area contributed by atoms with Crippen LogP contribution in [0.4, 0.5) is 5.00 Å². The number of aryl methyl sites for hydroxylation is 1. The lowest BCUT2D eigenvalue weighted by Crippen LogP contribution is -1.80. The molecule has 0 amide bonds. The second kappa shape index (κ2) is 5.11. The summed E-state index contributed by atoms with van der Waals surface area (Å²) >= 11 is 5.69. The zero-order valence-electron chi connectivity index (χ0n) is 9.44. The first-order valence-electron chi connectivity index (χ1n) is 5.62. The van der Waals surface area contributed by atoms with Crippen LogP contribution in [-0.2, 0) is 12.8 Å². The van der Waals surface area contributed by atoms with Gasteiger partial charge >= 0.3 is 0 Å². The van der Waals surface area contributed by atoms with Crippen LogP contribution in [0, 0.1) is 14.2 Å². The Hall–Kier alpha value is -0.710. The highest BCUT2D eigenvalue weighted by molar-refractivity contribution is 14.1. The monoisotopic (exact) mass is 384 g/mol. The van der Waals surface area contributed by atoms with Gasteiger partial charge in [-0.25, -0.2) is 4.99 Å². The highest BCUT2D eigenvalue weighted by Gasteiger charge is 2.21. The molecule has 90 valence electrons. The number of nitrogens with zero attached hydrogens (tertiary/aromatic N) is 2. The van der Waals surface area contributed by atoms with Crippen molar-refractivity contribution in [2.24, 2.45) is 4.99 Å². The summed E-state index contributed by atoms with van der Waals surface area (Å²) in [5.41, 5.74) is 2.05. The van der Waals surface area contributed by atoms with Crippen molar-refractivity contribution in [2.75, 3.05) is 0 Å². The molecule has 0 radical (unpaired) electrons. The second-order valence-corrected chi connectivity index (χ2v) is 8.14. The third-order valence-electron chi connectivity index (χ3n) is 2.92. The summed E-state index contributed by atoms with van der Waals surface area (Å²) in [5.74, 6) is 0. The molecule has 3 rings (SSSR count). The summed E-state index contributed by atoms with van der Waals surface area (Å²) in [6.45, 7) is 0. The molecule has 0 spiro atoms. The van der Waals surface area contributed by atoms with Crippen LogP contribution in [0.25, 0.3) is 0 Å². The van der Waals surface area contributed by atoms with E-state index in [-0.39, 0.29) is 0 Å². The van der Waals surface area contributed by atoms with Crippen LogP contribution in [0.5, 0.6) is 0 Å². The lowest BCUT2D eigenvalue weighted by Gasteiger charge is -1.91. The van der Waals surface area contributed by atoms with E-state index in [4.69, 9.17) is 0 Å². The van der Waals surface area contributed by atoms with Crippen molar-refractivity contribution < 1.29 is 0 Å². The summed E-state index contributed by atoms with van der Waals surface area (Å²) in [6, 6.07) is 6.45. The van der Waals surface area contributed by atoms with Crippen LogP contribution in [-0.4, -0.2) is 6.21 Å². The molecule has 2 nitrogen and oxygen atoms in total. The first-order chi connectivity index (χ1) is 8.78. The molecule has 1 aliphatic rings. The number of fused-ring (bicyclic) bond motifs is 1. The molecule has 0 aromatic carbocycles. The predicted molar refractivity (Wildman–Crippen MR) is 85.3 cm³/mol. The van der Waals surface area contributed by atoms with Gasteiger partial charge < -0.3 is 0 Å². The molecule has 5 heteroatoms. The fourth-order valence-corrected chi connectivity index (χ4v) is 4.84. The van der Waals surface area contributed by atoms with Gasteiger partial charge in [-0.1, -0.05) is 0 Å². The highest BCUT2D eigenvalue weighted by Crippen LogP contribution is 2.40. The summed E-state index contributed by atoms with van der Waals surface area (Å²) in [4.78, 5) is 7.00. The van der Waals surface area contributed by atoms with E-state index in [0.29, 0.717) is 0 Å². The Labute approximate surface area is 127 Å². The van der Waals surface area contributed by atoms with Crippen LogP contribution in [0.1, 0.15) is 27.3 Å². The number of thiophene rings is 2. The fraction of sp³-hybridized carbons (Fsp3) is 0.231. The van der Waals surface area contributed by atoms with Crippen molar-refractivity contribution >= 4 is 56.5 Å². The Kier molecular flexibility index (Phi) is 3.50. The van der Waals surface area contributed by atoms with Crippen molar-refractivity contribution in [3.8, 4) is 6.07 Å². The van der Waals surface area contributed by atoms with Crippen LogP contribution in [0.2, 0.25) is 0 Å². The summed E-state index contributed by atoms with van der Waals surface area (Å²) in [7, 11) is 0. The third kappa shape index (κ3) is 2.25. The maximum atomic E-state index is 9.26. The Morgan fingerprint density at radius 1 is 1.33 bits per heavy atom. The zero-order chi connectivity index (χ0) is 12.5. The van der Waals surface area contributed by atoms with E-state index in [1.807, 2.05) is 6.21 Å². The van der Waals surface area contributed by atoms with E-state index < -0.39 is 0 Å². The molecule has 18 heavy (non-hydrogen) atoms. The number of rotatable bonds is 2. The molecule has 2 heterocycles. The van der Waals surface area contributed by atoms with Crippen LogP contribution >= 0.6 is 45.3 Å². The number of halogens is 1. The van der Waals surface area contributed by atoms with Crippen LogP contribution < -0.4 is 0 Å². The van der Waals surface area contributed by atoms with Gasteiger partial charge in [0, 0.05) is 16.0 Å². The van der Waals surface area contributed by atoms with Crippen LogP contribution in [0.15, 0.2) is 17.1 Å². The fourth-order valence-electron chi connectivity index (χ4n) is 2.12. The lowest BCUT2D eigenvalue weighted by molar-refractivity contribution is 0.913. The summed E-state index contributed by atoms with van der Waals surface area (Å²) < 4.78 is 1.25. The number of nitriles is 1. The summed E-state index contributed by atoms with van der Waals surface area (Å²) in [5, 5.41) is 10.1. The molecule has 0 bridgehead atoms. The average molecular weight is 384 g/mol. The van der Waals surface area contributed by atoms with Crippen molar-refractivity contribution in [1.82, 2.24) is 0 Å². The molecule has 0 N–H and O–H groups in total. The quantitative estimate of drug-likeness (QED) is 0.554. The minimum Gasteiger partial charge on any atom is -0.243 e. The maximum Gasteiger partial charge on any atom is 0.134 e. The molecule has 0 saturated heterocycles. The van der Waals surface area contributed by atoms with Gasteiger partial charge in [-0.15, -0.1) is 22.7 Å². The second-order valence-electron chi connectivity index (χ2n) is 4.05. The largest absolute Gasteiger partial charge is 0.243 e. The molecule has 0 fully saturated rings. The van der Waals surface area contributed by atoms with Gasteiger partial charge in [-0.2, -0.15) is 5.26 Å². The average Bonchev–Trinajstić information content (AvgIpc) is 3.01. The Bertz CT molecular complexity index is 661. The van der Waals surface area contributed by atoms with Gasteiger partial charge in [-0.05, 0) is 59.5 Å². The SMILES string of the molecule is N#Cc1c(/N=C/c2ccc(I)s2)sc2c1CCC2. The molecule has 2 aromatic heterocycles. The van der Waals surface area contributed by atoms with Crippen molar-refractivity contribution in [1.29, 1.82) is 5.26 Å². The molecular weight excluding hydrogens is 375 g/mol. The van der Waals surface area contributed by atoms with Crippen molar-refractivity contribution in [3.05, 3.63) is 35.9 Å². The molecule has 0 saturated carbocycles. The van der Waals surface area contributed by atoms with Gasteiger partial charge in [0.15, 0.2) is 0 Å². The molecule has 0 aliphatic heterocycles. The van der Waals surface area contributed by atoms with E-state index in [1.165, 1.54) is 19.7 Å². The maximum absolute atomic E-state index is 9.26. The lowest BCUT2D eigenvalue weighted by atomic mass is 10.1. The Balaban J connectivity index is 1.94. The van der Waals surface area contributed by atoms with Gasteiger partial charge in [-0.3, -0.25) is 0 Å². The van der Waals surface area contributed by atoms with E-state index in [9.17, 15) is 5.26 Å². The van der Waals surface area contributed by atoms with Gasteiger partial charge in [0.25, 0.3) is 0 Å². The molecule has 0 atom stereocenters. The first kappa shape index (κ1) is 12.3. The molecule has 1 aliphatic carbocycles. The highest BCUT2D eigenvalue weighted by atomic mass is 127. The van der Waals surface area contributed by atoms with E-state index in [1.54, 1.807) is 22.7 Å². The van der Waals surface area contributed by atoms with Crippen LogP contribution in [0.3, 0.4) is 0 Å². The minimum atomic E-state index is 0.801. The number of hydrogen-bond donors (Lipinski definition) is 0. The van der Waals surface area contributed by atoms with Gasteiger partial charge in [0.1, 0.15) is 11.1 Å². The van der Waals surface area contributed by atoms with E-state index in [0.717, 1.165) is 28.3 Å². The minimum absolute atomic E-state index is 0.801. The predicted octanol–water partition coefficient (Wildman–Crippen LogP) is 4.53. The number of hydrogen-bond acceptors (Lipinski definition) is 4. The van der Waals surface area contributed by atoms with Crippen molar-refractivity contribution in [3.63, 3.8) is 0 Å². The molecule has 0 unspecified atom stereocenters. The zero-order valence-corrected chi connectivity index (χ0v) is 13.2.